The summed E-state index contributed by atoms with van der Waals surface area (Å²) in [5, 5.41) is 120. The van der Waals surface area contributed by atoms with Gasteiger partial charge in [0.25, 0.3) is 0 Å². The molecule has 4 fully saturated rings. The number of aliphatic hydroxyl groups is 4. The molecular weight excluding hydrogens is 1830 g/mol. The quantitative estimate of drug-likeness (QED) is 0.0224. The van der Waals surface area contributed by atoms with Crippen LogP contribution < -0.4 is 17.2 Å². The summed E-state index contributed by atoms with van der Waals surface area (Å²) in [5.74, 6) is -2.26. The molecule has 0 spiro atoms. The van der Waals surface area contributed by atoms with E-state index in [0.29, 0.717) is 89.5 Å². The molecule has 12 atom stereocenters. The first-order valence-electron chi connectivity index (χ1n) is 43.4. The van der Waals surface area contributed by atoms with E-state index in [9.17, 15) is 113 Å². The van der Waals surface area contributed by atoms with Gasteiger partial charge in [0, 0.05) is 34.4 Å². The van der Waals surface area contributed by atoms with E-state index in [2.05, 4.69) is 0 Å². The molecule has 0 radical (unpaired) electrons. The third kappa shape index (κ3) is 20.8. The Balaban J connectivity index is 0.000000138. The van der Waals surface area contributed by atoms with Crippen LogP contribution in [-0.4, -0.2) is 116 Å². The Morgan fingerprint density at radius 1 is 0.228 bits per heavy atom. The van der Waals surface area contributed by atoms with E-state index in [1.54, 1.807) is 206 Å². The van der Waals surface area contributed by atoms with Crippen LogP contribution >= 0.6 is 0 Å². The van der Waals surface area contributed by atoms with Gasteiger partial charge >= 0.3 is 0 Å². The number of nitrogens with zero attached hydrogens (tertiary/aromatic N) is 4. The Kier molecular flexibility index (Phi) is 29.2. The van der Waals surface area contributed by atoms with Crippen LogP contribution in [0.5, 0.6) is 46.0 Å². The average molecular weight is 1930 g/mol. The molecule has 0 amide bonds. The number of phenolic OH excluding ortho intramolecular Hbond substituents is 8. The van der Waals surface area contributed by atoms with E-state index in [0.717, 1.165) is 0 Å². The lowest BCUT2D eigenvalue weighted by molar-refractivity contribution is 0.161. The van der Waals surface area contributed by atoms with Gasteiger partial charge in [-0.3, -0.25) is 17.2 Å². The molecule has 32 heteroatoms. The normalized spacial score (nSPS) is 19.9. The van der Waals surface area contributed by atoms with Gasteiger partial charge < -0.3 is 61.3 Å². The summed E-state index contributed by atoms with van der Waals surface area (Å²) < 4.78 is 164. The summed E-state index contributed by atoms with van der Waals surface area (Å²) in [6.45, 7) is 0. The second-order valence-corrected chi connectivity index (χ2v) is 41.5. The van der Waals surface area contributed by atoms with Crippen LogP contribution in [0.4, 0.5) is 40.3 Å². The van der Waals surface area contributed by atoms with Gasteiger partial charge in [0.1, 0.15) is 90.3 Å². The number of halogens is 4. The minimum atomic E-state index is -3.76. The van der Waals surface area contributed by atoms with Gasteiger partial charge in [0.15, 0.2) is 0 Å². The molecule has 12 N–H and O–H groups in total. The van der Waals surface area contributed by atoms with Gasteiger partial charge in [0.2, 0.25) is 40.1 Å². The Morgan fingerprint density at radius 3 is 0.647 bits per heavy atom. The maximum Gasteiger partial charge on any atom is 0.241 e. The fraction of sp³-hybridized carbons (Fsp3) is 0.192. The highest BCUT2D eigenvalue weighted by atomic mass is 32.2. The zero-order valence-corrected chi connectivity index (χ0v) is 75.7. The van der Waals surface area contributed by atoms with Gasteiger partial charge in [-0.15, -0.1) is 0 Å². The molecule has 704 valence electrons. The van der Waals surface area contributed by atoms with E-state index >= 15 is 0 Å². The van der Waals surface area contributed by atoms with E-state index in [1.807, 2.05) is 0 Å². The van der Waals surface area contributed by atoms with Crippen molar-refractivity contribution >= 4 is 62.8 Å². The number of aliphatic hydroxyl groups excluding tert-OH is 4. The van der Waals surface area contributed by atoms with Crippen molar-refractivity contribution in [3.05, 3.63) is 407 Å². The standard InChI is InChI=1S/2C29H26FNO5S.2C23H22FNO5S/c2*30-22-12-9-19(10-13-22)26(33)15-16-28-29(31(37(28,35)36)23-6-2-1-3-7-23)25-14-11-21(18-27(25)34)20-5-4-8-24(32)17-20;2*24-16-8-6-15(7-9-16)20(27)12-13-22-23(19-11-10-18(26)14-21(19)28)25(31(22,29)30)17-4-2-1-3-5-17/h2*1-14,17-18,26,28-29,32-34H,15-16H2;2*1-11,14,20,22-23,26-28H,12-13H2/t26?,28-,29+;;20?,22-,23+;20-,22-,23+/m0.00/s1. The number of sulfonamides is 4. The molecule has 4 saturated heterocycles. The molecule has 4 heterocycles. The first kappa shape index (κ1) is 96.6. The zero-order chi connectivity index (χ0) is 96.7. The summed E-state index contributed by atoms with van der Waals surface area (Å²) in [6, 6.07) is 85.1. The predicted octanol–water partition coefficient (Wildman–Crippen LogP) is 19.4. The van der Waals surface area contributed by atoms with E-state index in [1.165, 1.54) is 151 Å². The minimum absolute atomic E-state index is 0.0641. The maximum atomic E-state index is 13.4. The lowest BCUT2D eigenvalue weighted by Gasteiger charge is -2.48. The van der Waals surface area contributed by atoms with Crippen LogP contribution in [-0.2, 0) is 40.1 Å². The topological polar surface area (TPSA) is 392 Å². The first-order chi connectivity index (χ1) is 65.1. The number of phenols is 8. The van der Waals surface area contributed by atoms with Crippen molar-refractivity contribution in [1.82, 2.24) is 0 Å². The molecule has 0 aliphatic carbocycles. The summed E-state index contributed by atoms with van der Waals surface area (Å²) in [6.07, 6.45) is -2.66. The van der Waals surface area contributed by atoms with E-state index < -0.39 is 133 Å². The molecule has 4 aliphatic heterocycles. The number of hydrogen-bond donors (Lipinski definition) is 12. The van der Waals surface area contributed by atoms with Gasteiger partial charge in [0.05, 0.1) is 71.3 Å². The van der Waals surface area contributed by atoms with Crippen LogP contribution in [0.1, 0.15) is 144 Å². The molecule has 4 aliphatic rings. The predicted molar refractivity (Wildman–Crippen MR) is 510 cm³/mol. The lowest BCUT2D eigenvalue weighted by atomic mass is 9.93. The monoisotopic (exact) mass is 1920 g/mol. The van der Waals surface area contributed by atoms with E-state index in [-0.39, 0.29) is 97.4 Å². The summed E-state index contributed by atoms with van der Waals surface area (Å²) in [7, 11) is -15.0. The number of hydrogen-bond acceptors (Lipinski definition) is 20. The SMILES string of the molecule is O=S1(=O)C(CCC(O)c2ccc(F)cc2)C(c2ccc(-c3cccc(O)c3)cc2O)N1c1ccccc1.O=S1(=O)[C@@H](CCC(O)c2ccc(F)cc2)[C@@H](c2ccc(-c3cccc(O)c3)cc2O)N1c1ccccc1.O=S1(=O)[C@@H](CCC(O)c2ccc(F)cc2)[C@@H](c2ccc(O)cc2O)N1c1ccccc1.O=S1(=O)[C@@H](CC[C@H](O)c2ccc(F)cc2)[C@@H](c2ccc(O)cc2O)N1c1ccccc1. The number of aromatic hydroxyl groups is 8. The van der Waals surface area contributed by atoms with Crippen molar-refractivity contribution < 1.29 is 113 Å². The van der Waals surface area contributed by atoms with Gasteiger partial charge in [-0.2, -0.15) is 0 Å². The fourth-order valence-corrected chi connectivity index (χ4v) is 26.3. The number of rotatable bonds is 26. The molecule has 14 aromatic rings. The van der Waals surface area contributed by atoms with Crippen molar-refractivity contribution in [3.8, 4) is 68.2 Å². The van der Waals surface area contributed by atoms with Crippen molar-refractivity contribution in [1.29, 1.82) is 0 Å². The third-order valence-electron chi connectivity index (χ3n) is 24.7. The maximum absolute atomic E-state index is 13.4. The van der Waals surface area contributed by atoms with Crippen molar-refractivity contribution in [3.63, 3.8) is 0 Å². The third-order valence-corrected chi connectivity index (χ3v) is 33.7. The second-order valence-electron chi connectivity index (χ2n) is 33.4. The van der Waals surface area contributed by atoms with Crippen molar-refractivity contribution in [2.24, 2.45) is 0 Å². The molecule has 18 rings (SSSR count). The van der Waals surface area contributed by atoms with Crippen LogP contribution in [0.15, 0.2) is 340 Å². The Bertz CT molecular complexity index is 6610. The molecular formula is C104H96F4N4O20S4. The highest BCUT2D eigenvalue weighted by Crippen LogP contribution is 2.56. The molecule has 0 saturated carbocycles. The fourth-order valence-electron chi connectivity index (χ4n) is 17.9. The highest BCUT2D eigenvalue weighted by Gasteiger charge is 2.59. The summed E-state index contributed by atoms with van der Waals surface area (Å²) in [4.78, 5) is 0. The van der Waals surface area contributed by atoms with Crippen LogP contribution in [0.2, 0.25) is 0 Å². The number of anilines is 4. The van der Waals surface area contributed by atoms with Gasteiger partial charge in [-0.25, -0.2) is 51.2 Å². The average Bonchev–Trinajstić information content (AvgIpc) is 0.721. The Hall–Kier alpha value is -14.0. The summed E-state index contributed by atoms with van der Waals surface area (Å²) in [5.41, 5.74) is 8.34. The first-order valence-corrected chi connectivity index (χ1v) is 49.5. The molecule has 0 bridgehead atoms. The molecule has 24 nitrogen and oxygen atoms in total. The zero-order valence-electron chi connectivity index (χ0n) is 72.5. The Labute approximate surface area is 784 Å². The Morgan fingerprint density at radius 2 is 0.434 bits per heavy atom. The van der Waals surface area contributed by atoms with Gasteiger partial charge in [-0.05, 0) is 254 Å². The van der Waals surface area contributed by atoms with Crippen molar-refractivity contribution in [2.75, 3.05) is 17.2 Å². The van der Waals surface area contributed by atoms with Gasteiger partial charge in [-0.1, -0.05) is 170 Å². The summed E-state index contributed by atoms with van der Waals surface area (Å²) >= 11 is 0. The number of para-hydroxylation sites is 4. The second kappa shape index (κ2) is 41.1. The minimum Gasteiger partial charge on any atom is -0.508 e. The van der Waals surface area contributed by atoms with Crippen molar-refractivity contribution in [2.45, 2.75) is 121 Å². The molecule has 0 aromatic heterocycles. The highest BCUT2D eigenvalue weighted by molar-refractivity contribution is 7.96. The van der Waals surface area contributed by atoms with E-state index in [4.69, 9.17) is 0 Å². The smallest absolute Gasteiger partial charge is 0.241 e. The molecule has 5 unspecified atom stereocenters. The largest absolute Gasteiger partial charge is 0.508 e. The van der Waals surface area contributed by atoms with Crippen LogP contribution in [0, 0.1) is 23.3 Å². The lowest BCUT2D eigenvalue weighted by Crippen LogP contribution is -2.58. The molecule has 14 aromatic carbocycles. The molecule has 136 heavy (non-hydrogen) atoms. The van der Waals surface area contributed by atoms with Crippen LogP contribution in [0.25, 0.3) is 22.3 Å². The van der Waals surface area contributed by atoms with Crippen LogP contribution in [0.3, 0.4) is 0 Å². The number of benzene rings is 14.